The Morgan fingerprint density at radius 2 is 1.76 bits per heavy atom. The van der Waals surface area contributed by atoms with Crippen molar-refractivity contribution in [1.29, 1.82) is 0 Å². The van der Waals surface area contributed by atoms with E-state index >= 15 is 0 Å². The van der Waals surface area contributed by atoms with Crippen LogP contribution in [0.4, 0.5) is 4.79 Å². The average molecular weight is 446 g/mol. The van der Waals surface area contributed by atoms with E-state index < -0.39 is 24.4 Å². The van der Waals surface area contributed by atoms with E-state index in [2.05, 4.69) is 15.3 Å². The van der Waals surface area contributed by atoms with E-state index in [1.807, 2.05) is 42.5 Å². The van der Waals surface area contributed by atoms with Gasteiger partial charge in [0.2, 0.25) is 5.91 Å². The molecular weight excluding hydrogens is 424 g/mol. The first kappa shape index (κ1) is 21.9. The number of hydrogen-bond acceptors (Lipinski definition) is 6. The summed E-state index contributed by atoms with van der Waals surface area (Å²) in [6, 6.07) is 14.0. The van der Waals surface area contributed by atoms with Gasteiger partial charge in [0.05, 0.1) is 14.2 Å². The van der Waals surface area contributed by atoms with Crippen molar-refractivity contribution in [2.45, 2.75) is 6.42 Å². The molecule has 33 heavy (non-hydrogen) atoms. The van der Waals surface area contributed by atoms with Gasteiger partial charge in [-0.3, -0.25) is 9.59 Å². The number of nitrogens with zero attached hydrogens (tertiary/aromatic N) is 3. The van der Waals surface area contributed by atoms with Crippen molar-refractivity contribution in [2.75, 3.05) is 27.3 Å². The van der Waals surface area contributed by atoms with Gasteiger partial charge >= 0.3 is 6.03 Å². The van der Waals surface area contributed by atoms with Gasteiger partial charge in [-0.05, 0) is 29.7 Å². The number of urea groups is 1. The van der Waals surface area contributed by atoms with Crippen LogP contribution in [0.3, 0.4) is 0 Å². The summed E-state index contributed by atoms with van der Waals surface area (Å²) < 4.78 is 10.5. The predicted octanol–water partition coefficient (Wildman–Crippen LogP) is 2.26. The predicted molar refractivity (Wildman–Crippen MR) is 123 cm³/mol. The second kappa shape index (κ2) is 9.47. The third-order valence-corrected chi connectivity index (χ3v) is 5.26. The smallest absolute Gasteiger partial charge is 0.351 e. The van der Waals surface area contributed by atoms with Gasteiger partial charge in [0.1, 0.15) is 12.3 Å². The minimum absolute atomic E-state index is 0.0616. The number of amides is 4. The molecule has 2 aromatic rings. The lowest BCUT2D eigenvalue weighted by atomic mass is 9.99. The van der Waals surface area contributed by atoms with Gasteiger partial charge in [0, 0.05) is 18.3 Å². The molecule has 4 amide bonds. The number of ether oxygens (including phenoxy) is 2. The van der Waals surface area contributed by atoms with E-state index in [1.54, 1.807) is 20.3 Å². The lowest BCUT2D eigenvalue weighted by Crippen LogP contribution is -2.50. The van der Waals surface area contributed by atoms with E-state index in [9.17, 15) is 14.4 Å². The summed E-state index contributed by atoms with van der Waals surface area (Å²) in [5.41, 5.74) is 2.64. The molecule has 0 radical (unpaired) electrons. The Balaban J connectivity index is 1.36. The molecule has 0 aromatic heterocycles. The van der Waals surface area contributed by atoms with Crippen LogP contribution in [0.25, 0.3) is 5.57 Å². The van der Waals surface area contributed by atoms with Crippen molar-refractivity contribution < 1.29 is 23.9 Å². The van der Waals surface area contributed by atoms with Gasteiger partial charge in [0.25, 0.3) is 5.91 Å². The molecule has 0 unspecified atom stereocenters. The van der Waals surface area contributed by atoms with Crippen molar-refractivity contribution >= 4 is 34.8 Å². The van der Waals surface area contributed by atoms with Crippen molar-refractivity contribution in [1.82, 2.24) is 10.2 Å². The first-order valence-corrected chi connectivity index (χ1v) is 10.3. The number of fused-ring (bicyclic) bond motifs is 1. The molecule has 9 nitrogen and oxygen atoms in total. The molecule has 2 aromatic carbocycles. The molecule has 0 spiro atoms. The molecule has 0 aliphatic carbocycles. The van der Waals surface area contributed by atoms with Crippen LogP contribution >= 0.6 is 0 Å². The number of benzene rings is 2. The van der Waals surface area contributed by atoms with Crippen LogP contribution in [0.15, 0.2) is 64.7 Å². The quantitative estimate of drug-likeness (QED) is 0.669. The second-order valence-electron chi connectivity index (χ2n) is 7.31. The summed E-state index contributed by atoms with van der Waals surface area (Å²) >= 11 is 0. The number of hydrogen-bond donors (Lipinski definition) is 1. The molecule has 1 N–H and O–H groups in total. The van der Waals surface area contributed by atoms with Gasteiger partial charge in [-0.1, -0.05) is 36.4 Å². The number of carbonyl (C=O) groups is 3. The van der Waals surface area contributed by atoms with Crippen molar-refractivity contribution in [2.24, 2.45) is 9.98 Å². The zero-order valence-corrected chi connectivity index (χ0v) is 18.2. The fraction of sp³-hybridized carbons (Fsp3) is 0.208. The molecule has 4 rings (SSSR count). The summed E-state index contributed by atoms with van der Waals surface area (Å²) in [6.45, 7) is -0.111. The number of imide groups is 1. The Kier molecular flexibility index (Phi) is 6.30. The Labute approximate surface area is 190 Å². The van der Waals surface area contributed by atoms with Crippen LogP contribution in [-0.2, 0) is 16.0 Å². The van der Waals surface area contributed by atoms with Crippen LogP contribution in [-0.4, -0.2) is 61.5 Å². The number of methoxy groups -OCH3 is 2. The molecule has 2 heterocycles. The molecule has 2 aliphatic rings. The average Bonchev–Trinajstić information content (AvgIpc) is 3.26. The third kappa shape index (κ3) is 4.52. The Morgan fingerprint density at radius 1 is 1.00 bits per heavy atom. The van der Waals surface area contributed by atoms with Crippen LogP contribution < -0.4 is 14.8 Å². The monoisotopic (exact) mass is 446 g/mol. The highest BCUT2D eigenvalue weighted by molar-refractivity contribution is 6.78. The second-order valence-corrected chi connectivity index (χ2v) is 7.31. The molecular formula is C24H22N4O5. The van der Waals surface area contributed by atoms with Crippen LogP contribution in [0.5, 0.6) is 11.5 Å². The maximum absolute atomic E-state index is 12.8. The Morgan fingerprint density at radius 3 is 2.48 bits per heavy atom. The summed E-state index contributed by atoms with van der Waals surface area (Å²) in [4.78, 5) is 46.7. The van der Waals surface area contributed by atoms with Gasteiger partial charge < -0.3 is 14.8 Å². The van der Waals surface area contributed by atoms with Crippen molar-refractivity contribution in [3.05, 3.63) is 65.9 Å². The highest BCUT2D eigenvalue weighted by Crippen LogP contribution is 2.28. The van der Waals surface area contributed by atoms with Gasteiger partial charge in [-0.2, -0.15) is 4.99 Å². The zero-order valence-electron chi connectivity index (χ0n) is 18.2. The number of carbonyl (C=O) groups excluding carboxylic acids is 3. The van der Waals surface area contributed by atoms with E-state index in [1.165, 1.54) is 6.20 Å². The van der Waals surface area contributed by atoms with E-state index in [0.29, 0.717) is 30.0 Å². The normalized spacial score (nSPS) is 14.8. The minimum atomic E-state index is -0.785. The van der Waals surface area contributed by atoms with Crippen LogP contribution in [0, 0.1) is 0 Å². The maximum atomic E-state index is 12.8. The highest BCUT2D eigenvalue weighted by Gasteiger charge is 2.38. The molecule has 168 valence electrons. The van der Waals surface area contributed by atoms with Crippen LogP contribution in [0.2, 0.25) is 0 Å². The molecule has 0 atom stereocenters. The Bertz CT molecular complexity index is 1200. The third-order valence-electron chi connectivity index (χ3n) is 5.26. The topological polar surface area (TPSA) is 110 Å². The largest absolute Gasteiger partial charge is 0.493 e. The van der Waals surface area contributed by atoms with Crippen molar-refractivity contribution in [3.63, 3.8) is 0 Å². The minimum Gasteiger partial charge on any atom is -0.493 e. The van der Waals surface area contributed by atoms with Gasteiger partial charge in [-0.25, -0.2) is 14.7 Å². The summed E-state index contributed by atoms with van der Waals surface area (Å²) in [5.74, 6) is 0.111. The van der Waals surface area contributed by atoms with E-state index in [-0.39, 0.29) is 11.4 Å². The summed E-state index contributed by atoms with van der Waals surface area (Å²) in [7, 11) is 3.11. The fourth-order valence-corrected chi connectivity index (χ4v) is 3.57. The molecule has 9 heteroatoms. The summed E-state index contributed by atoms with van der Waals surface area (Å²) in [6.07, 6.45) is 2.05. The molecule has 0 fully saturated rings. The van der Waals surface area contributed by atoms with Gasteiger partial charge in [0.15, 0.2) is 17.2 Å². The molecule has 0 bridgehead atoms. The Hall–Kier alpha value is -4.27. The maximum Gasteiger partial charge on any atom is 0.351 e. The van der Waals surface area contributed by atoms with E-state index in [4.69, 9.17) is 9.47 Å². The number of rotatable bonds is 8. The number of nitrogens with one attached hydrogen (secondary N) is 1. The lowest BCUT2D eigenvalue weighted by Gasteiger charge is -2.23. The number of aliphatic imine (C=N–C) groups is 2. The van der Waals surface area contributed by atoms with Gasteiger partial charge in [-0.15, -0.1) is 0 Å². The fourth-order valence-electron chi connectivity index (χ4n) is 3.57. The number of allylic oxidation sites excluding steroid dienone is 1. The van der Waals surface area contributed by atoms with E-state index in [0.717, 1.165) is 16.0 Å². The zero-order chi connectivity index (χ0) is 23.4. The summed E-state index contributed by atoms with van der Waals surface area (Å²) in [5, 5.41) is 2.72. The highest BCUT2D eigenvalue weighted by atomic mass is 16.5. The van der Waals surface area contributed by atoms with Crippen LogP contribution in [0.1, 0.15) is 11.1 Å². The first-order valence-electron chi connectivity index (χ1n) is 10.3. The lowest BCUT2D eigenvalue weighted by molar-refractivity contribution is -0.128. The molecule has 0 saturated heterocycles. The standard InChI is InChI=1S/C24H22N4O5/c1-32-18-9-8-15(12-19(18)33-2)10-11-25-20(29)14-28-23(30)22-21(27-24(28)31)17(13-26-22)16-6-4-3-5-7-16/h3-9,12-13H,10-11,14H2,1-2H3,(H,25,29). The first-order chi connectivity index (χ1) is 16.0. The molecule has 0 saturated carbocycles. The molecule has 2 aliphatic heterocycles. The van der Waals surface area contributed by atoms with Crippen molar-refractivity contribution in [3.8, 4) is 11.5 Å². The SMILES string of the molecule is COc1ccc(CCNC(=O)CN2C(=O)N=C3C(c4ccccc4)=CN=C3C2=O)cc1OC.